The van der Waals surface area contributed by atoms with Crippen LogP contribution in [0.3, 0.4) is 0 Å². The van der Waals surface area contributed by atoms with Crippen LogP contribution in [-0.4, -0.2) is 17.9 Å². The molecule has 1 aliphatic rings. The topological polar surface area (TPSA) is 67.4 Å². The maximum absolute atomic E-state index is 12.4. The number of fused-ring (bicyclic) bond motifs is 1. The number of ether oxygens (including phenoxy) is 1. The molecule has 5 nitrogen and oxygen atoms in total. The largest absolute Gasteiger partial charge is 0.478 e. The van der Waals surface area contributed by atoms with E-state index in [1.165, 1.54) is 11.3 Å². The smallest absolute Gasteiger partial charge is 0.265 e. The Morgan fingerprint density at radius 2 is 2.21 bits per heavy atom. The van der Waals surface area contributed by atoms with E-state index in [4.69, 9.17) is 4.74 Å². The molecule has 2 aromatic rings. The van der Waals surface area contributed by atoms with Crippen molar-refractivity contribution in [3.05, 3.63) is 45.6 Å². The van der Waals surface area contributed by atoms with Gasteiger partial charge in [0.1, 0.15) is 5.75 Å². The zero-order chi connectivity index (χ0) is 17.3. The minimum absolute atomic E-state index is 0.0756. The summed E-state index contributed by atoms with van der Waals surface area (Å²) in [6, 6.07) is 7.36. The Bertz CT molecular complexity index is 784. The van der Waals surface area contributed by atoms with E-state index in [0.717, 1.165) is 16.0 Å². The Morgan fingerprint density at radius 1 is 1.42 bits per heavy atom. The Balaban J connectivity index is 1.77. The summed E-state index contributed by atoms with van der Waals surface area (Å²) in [4.78, 5) is 24.9. The molecule has 2 amide bonds. The number of hydrogen-bond acceptors (Lipinski definition) is 4. The number of amides is 2. The van der Waals surface area contributed by atoms with Gasteiger partial charge in [-0.2, -0.15) is 0 Å². The summed E-state index contributed by atoms with van der Waals surface area (Å²) in [6.07, 6.45) is 0.144. The molecule has 126 valence electrons. The second kappa shape index (κ2) is 6.65. The summed E-state index contributed by atoms with van der Waals surface area (Å²) in [7, 11) is 0. The first-order valence-corrected chi connectivity index (χ1v) is 8.84. The lowest BCUT2D eigenvalue weighted by Crippen LogP contribution is -2.36. The van der Waals surface area contributed by atoms with Gasteiger partial charge in [-0.3, -0.25) is 9.59 Å². The lowest BCUT2D eigenvalue weighted by Gasteiger charge is -2.26. The molecule has 0 radical (unpaired) electrons. The minimum atomic E-state index is -0.466. The number of rotatable bonds is 4. The van der Waals surface area contributed by atoms with Crippen LogP contribution in [0.5, 0.6) is 5.75 Å². The predicted octanol–water partition coefficient (Wildman–Crippen LogP) is 3.66. The molecule has 1 aliphatic heterocycles. The van der Waals surface area contributed by atoms with Gasteiger partial charge >= 0.3 is 0 Å². The van der Waals surface area contributed by atoms with Crippen molar-refractivity contribution in [2.24, 2.45) is 0 Å². The molecule has 2 N–H and O–H groups in total. The molecule has 0 unspecified atom stereocenters. The molecule has 2 heterocycles. The van der Waals surface area contributed by atoms with Gasteiger partial charge in [0.05, 0.1) is 16.6 Å². The molecule has 6 heteroatoms. The van der Waals surface area contributed by atoms with Gasteiger partial charge in [-0.25, -0.2) is 0 Å². The van der Waals surface area contributed by atoms with Crippen LogP contribution in [0.15, 0.2) is 29.6 Å². The number of carbonyl (C=O) groups excluding carboxylic acids is 2. The van der Waals surface area contributed by atoms with Gasteiger partial charge in [0.2, 0.25) is 0 Å². The molecule has 0 saturated heterocycles. The molecule has 24 heavy (non-hydrogen) atoms. The fourth-order valence-corrected chi connectivity index (χ4v) is 3.48. The van der Waals surface area contributed by atoms with Crippen molar-refractivity contribution < 1.29 is 14.3 Å². The number of nitrogens with one attached hydrogen (secondary N) is 2. The van der Waals surface area contributed by atoms with Gasteiger partial charge in [0.25, 0.3) is 11.8 Å². The van der Waals surface area contributed by atoms with Crippen molar-refractivity contribution in [2.75, 3.05) is 5.32 Å². The first-order chi connectivity index (χ1) is 11.5. The summed E-state index contributed by atoms with van der Waals surface area (Å²) in [6.45, 7) is 5.77. The van der Waals surface area contributed by atoms with E-state index in [9.17, 15) is 9.59 Å². The fourth-order valence-electron chi connectivity index (χ4n) is 2.65. The second-order valence-corrected chi connectivity index (χ2v) is 6.80. The number of anilines is 1. The van der Waals surface area contributed by atoms with E-state index in [0.29, 0.717) is 17.9 Å². The van der Waals surface area contributed by atoms with Gasteiger partial charge in [-0.15, -0.1) is 11.3 Å². The van der Waals surface area contributed by atoms with Crippen LogP contribution in [0, 0.1) is 6.92 Å². The van der Waals surface area contributed by atoms with Crippen molar-refractivity contribution in [2.45, 2.75) is 39.3 Å². The highest BCUT2D eigenvalue weighted by Gasteiger charge is 2.26. The van der Waals surface area contributed by atoms with Crippen LogP contribution >= 0.6 is 11.3 Å². The van der Waals surface area contributed by atoms with Crippen molar-refractivity contribution >= 4 is 28.8 Å². The maximum Gasteiger partial charge on any atom is 0.265 e. The Morgan fingerprint density at radius 3 is 2.88 bits per heavy atom. The van der Waals surface area contributed by atoms with Crippen LogP contribution in [0.4, 0.5) is 5.69 Å². The summed E-state index contributed by atoms with van der Waals surface area (Å²) in [5.74, 6) is 0.452. The number of benzene rings is 1. The highest BCUT2D eigenvalue weighted by molar-refractivity contribution is 7.12. The first-order valence-electron chi connectivity index (χ1n) is 7.96. The standard InChI is InChI=1S/C18H20N2O3S/c1-4-14-17(21)20-13-6-5-12(9-15(13)23-14)11(3)19-18(22)16-10(2)7-8-24-16/h5-9,11,14H,4H2,1-3H3,(H,19,22)(H,20,21)/t11-,14-/m1/s1. The normalized spacial score (nSPS) is 17.5. The van der Waals surface area contributed by atoms with Crippen LogP contribution in [0.1, 0.15) is 47.1 Å². The van der Waals surface area contributed by atoms with Crippen molar-refractivity contribution in [1.82, 2.24) is 5.32 Å². The molecule has 1 aromatic carbocycles. The van der Waals surface area contributed by atoms with E-state index in [1.54, 1.807) is 0 Å². The zero-order valence-corrected chi connectivity index (χ0v) is 14.7. The third-order valence-corrected chi connectivity index (χ3v) is 5.13. The molecule has 2 atom stereocenters. The molecule has 0 saturated carbocycles. The Kier molecular flexibility index (Phi) is 4.57. The maximum atomic E-state index is 12.4. The van der Waals surface area contributed by atoms with E-state index < -0.39 is 6.10 Å². The Hall–Kier alpha value is -2.34. The summed E-state index contributed by atoms with van der Waals surface area (Å²) < 4.78 is 5.76. The van der Waals surface area contributed by atoms with Crippen LogP contribution in [-0.2, 0) is 4.79 Å². The number of hydrogen-bond donors (Lipinski definition) is 2. The predicted molar refractivity (Wildman–Crippen MR) is 94.7 cm³/mol. The van der Waals surface area contributed by atoms with E-state index in [2.05, 4.69) is 10.6 Å². The molecule has 0 spiro atoms. The monoisotopic (exact) mass is 344 g/mol. The lowest BCUT2D eigenvalue weighted by molar-refractivity contribution is -0.123. The highest BCUT2D eigenvalue weighted by Crippen LogP contribution is 2.33. The highest BCUT2D eigenvalue weighted by atomic mass is 32.1. The van der Waals surface area contributed by atoms with Crippen molar-refractivity contribution in [3.8, 4) is 5.75 Å². The average molecular weight is 344 g/mol. The van der Waals surface area contributed by atoms with E-state index in [1.807, 2.05) is 50.4 Å². The molecule has 3 rings (SSSR count). The number of carbonyl (C=O) groups is 2. The van der Waals surface area contributed by atoms with Crippen molar-refractivity contribution in [1.29, 1.82) is 0 Å². The van der Waals surface area contributed by atoms with Gasteiger partial charge in [0.15, 0.2) is 6.10 Å². The SMILES string of the molecule is CC[C@H]1Oc2cc([C@@H](C)NC(=O)c3sccc3C)ccc2NC1=O. The van der Waals surface area contributed by atoms with Gasteiger partial charge in [0, 0.05) is 0 Å². The molecular formula is C18H20N2O3S. The summed E-state index contributed by atoms with van der Waals surface area (Å²) >= 11 is 1.44. The third kappa shape index (κ3) is 3.14. The van der Waals surface area contributed by atoms with Crippen molar-refractivity contribution in [3.63, 3.8) is 0 Å². The van der Waals surface area contributed by atoms with Gasteiger partial charge < -0.3 is 15.4 Å². The number of thiophene rings is 1. The van der Waals surface area contributed by atoms with Crippen LogP contribution in [0.2, 0.25) is 0 Å². The quantitative estimate of drug-likeness (QED) is 0.889. The number of aryl methyl sites for hydroxylation is 1. The fraction of sp³-hybridized carbons (Fsp3) is 0.333. The van der Waals surface area contributed by atoms with Gasteiger partial charge in [-0.1, -0.05) is 13.0 Å². The molecule has 0 aliphatic carbocycles. The van der Waals surface area contributed by atoms with E-state index in [-0.39, 0.29) is 17.9 Å². The summed E-state index contributed by atoms with van der Waals surface area (Å²) in [5, 5.41) is 7.77. The second-order valence-electron chi connectivity index (χ2n) is 5.89. The van der Waals surface area contributed by atoms with Crippen LogP contribution in [0.25, 0.3) is 0 Å². The Labute approximate surface area is 145 Å². The van der Waals surface area contributed by atoms with Crippen LogP contribution < -0.4 is 15.4 Å². The molecule has 0 bridgehead atoms. The van der Waals surface area contributed by atoms with Gasteiger partial charge in [-0.05, 0) is 55.0 Å². The molecular weight excluding hydrogens is 324 g/mol. The first kappa shape index (κ1) is 16.5. The molecule has 0 fully saturated rings. The third-order valence-electron chi connectivity index (χ3n) is 4.11. The molecule has 1 aromatic heterocycles. The average Bonchev–Trinajstić information content (AvgIpc) is 2.99. The minimum Gasteiger partial charge on any atom is -0.478 e. The van der Waals surface area contributed by atoms with E-state index >= 15 is 0 Å². The summed E-state index contributed by atoms with van der Waals surface area (Å²) in [5.41, 5.74) is 2.58. The zero-order valence-electron chi connectivity index (χ0n) is 13.9. The lowest BCUT2D eigenvalue weighted by atomic mass is 10.1.